The van der Waals surface area contributed by atoms with E-state index in [1.807, 2.05) is 11.3 Å². The molecule has 3 aromatic rings. The Hall–Kier alpha value is -1.54. The lowest BCUT2D eigenvalue weighted by Gasteiger charge is -2.05. The highest BCUT2D eigenvalue weighted by Gasteiger charge is 2.05. The lowest BCUT2D eigenvalue weighted by atomic mass is 10.1. The van der Waals surface area contributed by atoms with Crippen LogP contribution < -0.4 is 4.74 Å². The summed E-state index contributed by atoms with van der Waals surface area (Å²) in [7, 11) is 0. The molecule has 2 heteroatoms. The Kier molecular flexibility index (Phi) is 3.69. The molecule has 0 N–H and O–H groups in total. The van der Waals surface area contributed by atoms with Gasteiger partial charge < -0.3 is 4.74 Å². The Morgan fingerprint density at radius 3 is 2.68 bits per heavy atom. The maximum absolute atomic E-state index is 5.82. The van der Waals surface area contributed by atoms with Gasteiger partial charge in [-0.25, -0.2) is 0 Å². The van der Waals surface area contributed by atoms with Gasteiger partial charge in [-0.05, 0) is 30.7 Å². The van der Waals surface area contributed by atoms with Gasteiger partial charge in [0.2, 0.25) is 0 Å². The van der Waals surface area contributed by atoms with E-state index in [4.69, 9.17) is 4.74 Å². The van der Waals surface area contributed by atoms with Gasteiger partial charge in [0.25, 0.3) is 0 Å². The first-order valence-corrected chi connectivity index (χ1v) is 7.74. The second-order valence-corrected chi connectivity index (χ2v) is 5.90. The molecule has 2 aromatic carbocycles. The highest BCUT2D eigenvalue weighted by atomic mass is 32.1. The number of rotatable bonds is 5. The van der Waals surface area contributed by atoms with E-state index in [1.54, 1.807) is 0 Å². The van der Waals surface area contributed by atoms with Gasteiger partial charge in [-0.2, -0.15) is 0 Å². The summed E-state index contributed by atoms with van der Waals surface area (Å²) in [6.45, 7) is 3.04. The summed E-state index contributed by atoms with van der Waals surface area (Å²) in [6, 6.07) is 15.0. The molecule has 3 rings (SSSR count). The van der Waals surface area contributed by atoms with Crippen LogP contribution in [0.5, 0.6) is 5.75 Å². The molecular formula is C17H18OS. The van der Waals surface area contributed by atoms with Crippen molar-refractivity contribution in [1.29, 1.82) is 0 Å². The van der Waals surface area contributed by atoms with E-state index >= 15 is 0 Å². The molecule has 98 valence electrons. The third-order valence-electron chi connectivity index (χ3n) is 3.37. The van der Waals surface area contributed by atoms with E-state index in [-0.39, 0.29) is 0 Å². The van der Waals surface area contributed by atoms with Crippen molar-refractivity contribution in [3.63, 3.8) is 0 Å². The number of hydrogen-bond acceptors (Lipinski definition) is 2. The topological polar surface area (TPSA) is 9.23 Å². The van der Waals surface area contributed by atoms with Crippen molar-refractivity contribution in [2.75, 3.05) is 6.61 Å². The minimum absolute atomic E-state index is 0.824. The number of unbranched alkanes of at least 4 members (excludes halogenated alkanes) is 2. The fraction of sp³-hybridized carbons (Fsp3) is 0.294. The Morgan fingerprint density at radius 1 is 0.947 bits per heavy atom. The molecule has 0 saturated carbocycles. The predicted molar refractivity (Wildman–Crippen MR) is 84.4 cm³/mol. The van der Waals surface area contributed by atoms with E-state index < -0.39 is 0 Å². The average molecular weight is 270 g/mol. The number of benzene rings is 2. The van der Waals surface area contributed by atoms with Crippen molar-refractivity contribution in [2.24, 2.45) is 0 Å². The monoisotopic (exact) mass is 270 g/mol. The quantitative estimate of drug-likeness (QED) is 0.546. The van der Waals surface area contributed by atoms with Gasteiger partial charge in [-0.15, -0.1) is 11.3 Å². The van der Waals surface area contributed by atoms with Gasteiger partial charge in [-0.3, -0.25) is 0 Å². The highest BCUT2D eigenvalue weighted by Crippen LogP contribution is 2.35. The summed E-state index contributed by atoms with van der Waals surface area (Å²) in [5.74, 6) is 0.996. The van der Waals surface area contributed by atoms with Crippen LogP contribution in [0.4, 0.5) is 0 Å². The Balaban J connectivity index is 1.86. The molecule has 0 radical (unpaired) electrons. The summed E-state index contributed by atoms with van der Waals surface area (Å²) < 4.78 is 8.48. The zero-order chi connectivity index (χ0) is 13.1. The zero-order valence-electron chi connectivity index (χ0n) is 11.2. The van der Waals surface area contributed by atoms with Crippen LogP contribution in [0.3, 0.4) is 0 Å². The molecule has 0 aliphatic heterocycles. The largest absolute Gasteiger partial charge is 0.494 e. The van der Waals surface area contributed by atoms with Crippen molar-refractivity contribution in [3.8, 4) is 5.75 Å². The van der Waals surface area contributed by atoms with Gasteiger partial charge in [-0.1, -0.05) is 38.0 Å². The smallest absolute Gasteiger partial charge is 0.120 e. The Morgan fingerprint density at radius 2 is 1.79 bits per heavy atom. The minimum Gasteiger partial charge on any atom is -0.494 e. The van der Waals surface area contributed by atoms with Gasteiger partial charge >= 0.3 is 0 Å². The van der Waals surface area contributed by atoms with Gasteiger partial charge in [0, 0.05) is 20.2 Å². The predicted octanol–water partition coefficient (Wildman–Crippen LogP) is 5.62. The molecule has 1 aromatic heterocycles. The molecule has 0 fully saturated rings. The highest BCUT2D eigenvalue weighted by molar-refractivity contribution is 7.25. The average Bonchev–Trinajstić information content (AvgIpc) is 2.81. The van der Waals surface area contributed by atoms with Crippen molar-refractivity contribution < 1.29 is 4.74 Å². The summed E-state index contributed by atoms with van der Waals surface area (Å²) >= 11 is 1.84. The van der Waals surface area contributed by atoms with Crippen LogP contribution in [-0.2, 0) is 0 Å². The summed E-state index contributed by atoms with van der Waals surface area (Å²) in [4.78, 5) is 0. The Bertz CT molecular complexity index is 684. The second kappa shape index (κ2) is 5.62. The fourth-order valence-electron chi connectivity index (χ4n) is 2.34. The first-order valence-electron chi connectivity index (χ1n) is 6.92. The van der Waals surface area contributed by atoms with Crippen molar-refractivity contribution in [3.05, 3.63) is 42.5 Å². The molecule has 0 aliphatic carbocycles. The van der Waals surface area contributed by atoms with Crippen LogP contribution in [0.15, 0.2) is 42.5 Å². The van der Waals surface area contributed by atoms with Gasteiger partial charge in [0.1, 0.15) is 5.75 Å². The molecule has 0 unspecified atom stereocenters. The van der Waals surface area contributed by atoms with Gasteiger partial charge in [0.05, 0.1) is 6.61 Å². The van der Waals surface area contributed by atoms with Crippen LogP contribution in [0.1, 0.15) is 26.2 Å². The van der Waals surface area contributed by atoms with Crippen LogP contribution in [-0.4, -0.2) is 6.61 Å². The van der Waals surface area contributed by atoms with Crippen LogP contribution in [0.25, 0.3) is 20.2 Å². The maximum atomic E-state index is 5.82. The molecule has 0 saturated heterocycles. The first-order chi connectivity index (χ1) is 9.38. The third-order valence-corrected chi connectivity index (χ3v) is 4.50. The van der Waals surface area contributed by atoms with Crippen molar-refractivity contribution in [2.45, 2.75) is 26.2 Å². The number of thiophene rings is 1. The summed E-state index contributed by atoms with van der Waals surface area (Å²) in [5.41, 5.74) is 0. The molecule has 0 spiro atoms. The molecule has 1 nitrogen and oxygen atoms in total. The molecule has 19 heavy (non-hydrogen) atoms. The summed E-state index contributed by atoms with van der Waals surface area (Å²) in [5, 5.41) is 2.68. The number of fused-ring (bicyclic) bond motifs is 3. The van der Waals surface area contributed by atoms with E-state index in [0.29, 0.717) is 0 Å². The molecular weight excluding hydrogens is 252 g/mol. The van der Waals surface area contributed by atoms with Crippen LogP contribution >= 0.6 is 11.3 Å². The first kappa shape index (κ1) is 12.5. The number of hydrogen-bond donors (Lipinski definition) is 0. The van der Waals surface area contributed by atoms with E-state index in [2.05, 4.69) is 49.4 Å². The van der Waals surface area contributed by atoms with Crippen LogP contribution in [0.2, 0.25) is 0 Å². The van der Waals surface area contributed by atoms with E-state index in [1.165, 1.54) is 33.0 Å². The summed E-state index contributed by atoms with van der Waals surface area (Å²) in [6.07, 6.45) is 3.62. The lowest BCUT2D eigenvalue weighted by Crippen LogP contribution is -1.96. The minimum atomic E-state index is 0.824. The Labute approximate surface area is 117 Å². The molecule has 0 bridgehead atoms. The molecule has 0 aliphatic rings. The number of ether oxygens (including phenoxy) is 1. The van der Waals surface area contributed by atoms with E-state index in [0.717, 1.165) is 18.8 Å². The normalized spacial score (nSPS) is 11.2. The van der Waals surface area contributed by atoms with Gasteiger partial charge in [0.15, 0.2) is 0 Å². The molecule has 0 atom stereocenters. The van der Waals surface area contributed by atoms with E-state index in [9.17, 15) is 0 Å². The second-order valence-electron chi connectivity index (χ2n) is 4.81. The van der Waals surface area contributed by atoms with Crippen molar-refractivity contribution in [1.82, 2.24) is 0 Å². The van der Waals surface area contributed by atoms with Crippen molar-refractivity contribution >= 4 is 31.5 Å². The standard InChI is InChI=1S/C17H18OS/c1-2-3-6-11-18-13-9-10-15-14-7-4-5-8-16(14)19-17(15)12-13/h4-5,7-10,12H,2-3,6,11H2,1H3. The third kappa shape index (κ3) is 2.59. The molecule has 0 amide bonds. The van der Waals surface area contributed by atoms with Crippen LogP contribution in [0, 0.1) is 0 Å². The SMILES string of the molecule is CCCCCOc1ccc2c(c1)sc1ccccc12. The lowest BCUT2D eigenvalue weighted by molar-refractivity contribution is 0.306. The zero-order valence-corrected chi connectivity index (χ0v) is 12.0. The molecule has 1 heterocycles. The maximum Gasteiger partial charge on any atom is 0.120 e. The fourth-order valence-corrected chi connectivity index (χ4v) is 3.47.